The molecule has 1 spiro atoms. The van der Waals surface area contributed by atoms with Crippen molar-refractivity contribution in [3.05, 3.63) is 30.4 Å². The fraction of sp³-hybridized carbons (Fsp3) is 0.467. The van der Waals surface area contributed by atoms with Crippen LogP contribution in [-0.4, -0.2) is 74.9 Å². The fourth-order valence-electron chi connectivity index (χ4n) is 3.25. The van der Waals surface area contributed by atoms with E-state index in [9.17, 15) is 9.59 Å². The molecular formula is C15H17N5O3. The molecule has 0 saturated carbocycles. The van der Waals surface area contributed by atoms with Crippen LogP contribution in [0, 0.1) is 0 Å². The molecular weight excluding hydrogens is 298 g/mol. The van der Waals surface area contributed by atoms with E-state index in [1.807, 2.05) is 6.20 Å². The van der Waals surface area contributed by atoms with Gasteiger partial charge in [-0.2, -0.15) is 0 Å². The average Bonchev–Trinajstić information content (AvgIpc) is 3.15. The lowest BCUT2D eigenvalue weighted by Gasteiger charge is -2.38. The number of hydrogen-bond donors (Lipinski definition) is 0. The number of carbonyl (C=O) groups excluding carboxylic acids is 2. The normalized spacial score (nSPS) is 24.8. The number of imidazole rings is 1. The van der Waals surface area contributed by atoms with E-state index in [2.05, 4.69) is 9.97 Å². The van der Waals surface area contributed by atoms with Crippen LogP contribution in [0.2, 0.25) is 0 Å². The lowest BCUT2D eigenvalue weighted by atomic mass is 10.0. The Balaban J connectivity index is 1.53. The van der Waals surface area contributed by atoms with Crippen molar-refractivity contribution in [3.8, 4) is 0 Å². The van der Waals surface area contributed by atoms with Gasteiger partial charge in [0.15, 0.2) is 0 Å². The maximum Gasteiger partial charge on any atom is 0.274 e. The fourth-order valence-corrected chi connectivity index (χ4v) is 3.25. The minimum Gasteiger partial charge on any atom is -0.361 e. The quantitative estimate of drug-likeness (QED) is 0.728. The van der Waals surface area contributed by atoms with E-state index in [1.165, 1.54) is 0 Å². The summed E-state index contributed by atoms with van der Waals surface area (Å²) in [6, 6.07) is 1.79. The summed E-state index contributed by atoms with van der Waals surface area (Å²) in [7, 11) is 1.77. The number of carbonyl (C=O) groups is 2. The van der Waals surface area contributed by atoms with Gasteiger partial charge in [0.25, 0.3) is 5.91 Å². The highest BCUT2D eigenvalue weighted by Crippen LogP contribution is 2.30. The summed E-state index contributed by atoms with van der Waals surface area (Å²) in [5.74, 6) is 0.353. The minimum atomic E-state index is -0.449. The number of likely N-dealkylation sites (N-methyl/N-ethyl adjacent to an activating group) is 1. The van der Waals surface area contributed by atoms with Gasteiger partial charge in [-0.3, -0.25) is 14.0 Å². The minimum absolute atomic E-state index is 0.0215. The molecule has 0 N–H and O–H groups in total. The second-order valence-electron chi connectivity index (χ2n) is 6.15. The van der Waals surface area contributed by atoms with Crippen molar-refractivity contribution in [2.24, 2.45) is 0 Å². The summed E-state index contributed by atoms with van der Waals surface area (Å²) >= 11 is 0. The molecule has 2 fully saturated rings. The highest BCUT2D eigenvalue weighted by Gasteiger charge is 2.45. The molecule has 1 atom stereocenters. The molecule has 4 heterocycles. The zero-order chi connectivity index (χ0) is 16.0. The van der Waals surface area contributed by atoms with Crippen molar-refractivity contribution in [1.82, 2.24) is 24.2 Å². The number of aromatic nitrogens is 3. The zero-order valence-corrected chi connectivity index (χ0v) is 12.8. The smallest absolute Gasteiger partial charge is 0.274 e. The Bertz CT molecular complexity index is 755. The SMILES string of the molecule is CN1C[C@@]2(CCN(C(=O)c3cn4cccnc4n3)C2)OCC1=O. The molecule has 2 saturated heterocycles. The summed E-state index contributed by atoms with van der Waals surface area (Å²) in [4.78, 5) is 36.1. The third-order valence-corrected chi connectivity index (χ3v) is 4.51. The molecule has 23 heavy (non-hydrogen) atoms. The van der Waals surface area contributed by atoms with Crippen molar-refractivity contribution in [2.45, 2.75) is 12.0 Å². The molecule has 8 heteroatoms. The number of rotatable bonds is 1. The van der Waals surface area contributed by atoms with Crippen LogP contribution >= 0.6 is 0 Å². The first-order chi connectivity index (χ1) is 11.1. The Morgan fingerprint density at radius 1 is 1.39 bits per heavy atom. The van der Waals surface area contributed by atoms with E-state index < -0.39 is 5.60 Å². The molecule has 0 radical (unpaired) electrons. The van der Waals surface area contributed by atoms with Crippen LogP contribution in [0.15, 0.2) is 24.7 Å². The number of amides is 2. The van der Waals surface area contributed by atoms with Gasteiger partial charge in [-0.15, -0.1) is 0 Å². The molecule has 8 nitrogen and oxygen atoms in total. The zero-order valence-electron chi connectivity index (χ0n) is 12.8. The van der Waals surface area contributed by atoms with Gasteiger partial charge in [0.1, 0.15) is 17.9 Å². The van der Waals surface area contributed by atoms with Gasteiger partial charge in [0, 0.05) is 32.2 Å². The van der Waals surface area contributed by atoms with Gasteiger partial charge in [0.2, 0.25) is 11.7 Å². The van der Waals surface area contributed by atoms with Gasteiger partial charge >= 0.3 is 0 Å². The summed E-state index contributed by atoms with van der Waals surface area (Å²) in [6.45, 7) is 1.67. The summed E-state index contributed by atoms with van der Waals surface area (Å²) in [5.41, 5.74) is -0.0728. The summed E-state index contributed by atoms with van der Waals surface area (Å²) in [5, 5.41) is 0. The maximum absolute atomic E-state index is 12.7. The number of hydrogen-bond acceptors (Lipinski definition) is 5. The third-order valence-electron chi connectivity index (χ3n) is 4.51. The topological polar surface area (TPSA) is 80.0 Å². The van der Waals surface area contributed by atoms with Crippen LogP contribution in [0.1, 0.15) is 16.9 Å². The van der Waals surface area contributed by atoms with Crippen LogP contribution in [0.3, 0.4) is 0 Å². The van der Waals surface area contributed by atoms with Crippen LogP contribution in [-0.2, 0) is 9.53 Å². The Kier molecular flexibility index (Phi) is 3.08. The van der Waals surface area contributed by atoms with E-state index in [-0.39, 0.29) is 18.4 Å². The van der Waals surface area contributed by atoms with Crippen LogP contribution in [0.5, 0.6) is 0 Å². The van der Waals surface area contributed by atoms with Gasteiger partial charge in [-0.1, -0.05) is 0 Å². The van der Waals surface area contributed by atoms with Gasteiger partial charge in [-0.05, 0) is 12.5 Å². The molecule has 2 amide bonds. The van der Waals surface area contributed by atoms with E-state index >= 15 is 0 Å². The number of likely N-dealkylation sites (tertiary alicyclic amines) is 1. The highest BCUT2D eigenvalue weighted by atomic mass is 16.5. The molecule has 4 rings (SSSR count). The van der Waals surface area contributed by atoms with Crippen molar-refractivity contribution >= 4 is 17.6 Å². The Morgan fingerprint density at radius 3 is 3.04 bits per heavy atom. The maximum atomic E-state index is 12.7. The van der Waals surface area contributed by atoms with Crippen molar-refractivity contribution in [2.75, 3.05) is 33.3 Å². The largest absolute Gasteiger partial charge is 0.361 e. The lowest BCUT2D eigenvalue weighted by Crippen LogP contribution is -2.54. The van der Waals surface area contributed by atoms with E-state index in [4.69, 9.17) is 4.74 Å². The van der Waals surface area contributed by atoms with Crippen molar-refractivity contribution in [1.29, 1.82) is 0 Å². The summed E-state index contributed by atoms with van der Waals surface area (Å²) < 4.78 is 7.49. The molecule has 2 aromatic heterocycles. The first-order valence-electron chi connectivity index (χ1n) is 7.53. The first kappa shape index (κ1) is 14.1. The molecule has 2 aliphatic heterocycles. The van der Waals surface area contributed by atoms with Crippen LogP contribution in [0.4, 0.5) is 0 Å². The monoisotopic (exact) mass is 315 g/mol. The third kappa shape index (κ3) is 2.35. The van der Waals surface area contributed by atoms with E-state index in [0.717, 1.165) is 6.42 Å². The molecule has 120 valence electrons. The van der Waals surface area contributed by atoms with Crippen molar-refractivity contribution in [3.63, 3.8) is 0 Å². The lowest BCUT2D eigenvalue weighted by molar-refractivity contribution is -0.158. The predicted octanol–water partition coefficient (Wildman–Crippen LogP) is -0.197. The molecule has 0 aliphatic carbocycles. The molecule has 0 unspecified atom stereocenters. The molecule has 2 aromatic rings. The van der Waals surface area contributed by atoms with Crippen LogP contribution in [0.25, 0.3) is 5.78 Å². The predicted molar refractivity (Wildman–Crippen MR) is 79.8 cm³/mol. The number of morpholine rings is 1. The first-order valence-corrected chi connectivity index (χ1v) is 7.53. The molecule has 2 aliphatic rings. The Hall–Kier alpha value is -2.48. The highest BCUT2D eigenvalue weighted by molar-refractivity contribution is 5.93. The van der Waals surface area contributed by atoms with Crippen LogP contribution < -0.4 is 0 Å². The van der Waals surface area contributed by atoms with E-state index in [1.54, 1.807) is 39.7 Å². The Labute approximate surface area is 132 Å². The van der Waals surface area contributed by atoms with Gasteiger partial charge in [0.05, 0.1) is 13.1 Å². The number of fused-ring (bicyclic) bond motifs is 1. The average molecular weight is 315 g/mol. The summed E-state index contributed by atoms with van der Waals surface area (Å²) in [6.07, 6.45) is 5.86. The molecule has 0 bridgehead atoms. The van der Waals surface area contributed by atoms with Crippen molar-refractivity contribution < 1.29 is 14.3 Å². The van der Waals surface area contributed by atoms with E-state index in [0.29, 0.717) is 31.1 Å². The second kappa shape index (κ2) is 5.02. The van der Waals surface area contributed by atoms with Gasteiger partial charge in [-0.25, -0.2) is 9.97 Å². The standard InChI is InChI=1S/C15H17N5O3/c1-18-9-15(23-8-12(18)21)3-6-20(10-15)13(22)11-7-19-5-2-4-16-14(19)17-11/h2,4-5,7H,3,6,8-10H2,1H3/t15-/m1/s1. The number of ether oxygens (including phenoxy) is 1. The van der Waals surface area contributed by atoms with Gasteiger partial charge < -0.3 is 14.5 Å². The second-order valence-corrected chi connectivity index (χ2v) is 6.15. The Morgan fingerprint density at radius 2 is 2.26 bits per heavy atom. The number of nitrogens with zero attached hydrogens (tertiary/aromatic N) is 5. The molecule has 0 aromatic carbocycles.